The van der Waals surface area contributed by atoms with Gasteiger partial charge in [-0.15, -0.1) is 0 Å². The third-order valence-corrected chi connectivity index (χ3v) is 4.36. The third-order valence-electron chi connectivity index (χ3n) is 4.14. The highest BCUT2D eigenvalue weighted by Gasteiger charge is 2.34. The van der Waals surface area contributed by atoms with Gasteiger partial charge >= 0.3 is 0 Å². The molecule has 2 N–H and O–H groups in total. The lowest BCUT2D eigenvalue weighted by molar-refractivity contribution is 0.0696. The number of aryl methyl sites for hydroxylation is 1. The smallest absolute Gasteiger partial charge is 0.213 e. The monoisotopic (exact) mass is 357 g/mol. The highest BCUT2D eigenvalue weighted by Crippen LogP contribution is 2.39. The van der Waals surface area contributed by atoms with Gasteiger partial charge in [-0.1, -0.05) is 12.1 Å². The molecule has 0 radical (unpaired) electrons. The summed E-state index contributed by atoms with van der Waals surface area (Å²) >= 11 is 5.49. The van der Waals surface area contributed by atoms with E-state index in [0.717, 1.165) is 23.4 Å². The molecule has 0 saturated carbocycles. The van der Waals surface area contributed by atoms with Crippen molar-refractivity contribution in [3.8, 4) is 11.6 Å². The van der Waals surface area contributed by atoms with Crippen molar-refractivity contribution in [2.75, 3.05) is 12.4 Å². The van der Waals surface area contributed by atoms with Crippen LogP contribution in [0, 0.1) is 6.92 Å². The maximum absolute atomic E-state index is 6.13. The number of anilines is 1. The first-order valence-corrected chi connectivity index (χ1v) is 8.64. The van der Waals surface area contributed by atoms with Crippen LogP contribution in [0.15, 0.2) is 36.5 Å². The van der Waals surface area contributed by atoms with E-state index in [1.807, 2.05) is 6.07 Å². The molecular weight excluding hydrogens is 334 g/mol. The van der Waals surface area contributed by atoms with Gasteiger partial charge in [-0.3, -0.25) is 0 Å². The van der Waals surface area contributed by atoms with E-state index in [9.17, 15) is 0 Å². The van der Waals surface area contributed by atoms with Crippen LogP contribution in [0.2, 0.25) is 0 Å². The maximum atomic E-state index is 6.13. The summed E-state index contributed by atoms with van der Waals surface area (Å²) < 4.78 is 11.2. The number of thiocarbonyl (C=S) groups is 1. The zero-order valence-electron chi connectivity index (χ0n) is 14.9. The minimum atomic E-state index is -0.254. The minimum Gasteiger partial charge on any atom is -0.487 e. The number of hydrogen-bond acceptors (Lipinski definition) is 4. The lowest BCUT2D eigenvalue weighted by Gasteiger charge is -2.38. The van der Waals surface area contributed by atoms with Crippen molar-refractivity contribution in [2.24, 2.45) is 0 Å². The summed E-state index contributed by atoms with van der Waals surface area (Å²) in [6, 6.07) is 10.0. The summed E-state index contributed by atoms with van der Waals surface area (Å²) in [5, 5.41) is 7.14. The highest BCUT2D eigenvalue weighted by atomic mass is 32.1. The van der Waals surface area contributed by atoms with Gasteiger partial charge in [0, 0.05) is 18.1 Å². The third kappa shape index (κ3) is 4.20. The van der Waals surface area contributed by atoms with E-state index in [4.69, 9.17) is 21.7 Å². The molecule has 0 amide bonds. The Balaban J connectivity index is 1.74. The average molecular weight is 357 g/mol. The van der Waals surface area contributed by atoms with Crippen LogP contribution in [0.1, 0.15) is 37.4 Å². The minimum absolute atomic E-state index is 0.0885. The summed E-state index contributed by atoms with van der Waals surface area (Å²) in [6.45, 7) is 6.25. The molecule has 1 aromatic carbocycles. The van der Waals surface area contributed by atoms with E-state index in [1.165, 1.54) is 5.56 Å². The molecule has 1 atom stereocenters. The van der Waals surface area contributed by atoms with Crippen LogP contribution >= 0.6 is 12.2 Å². The van der Waals surface area contributed by atoms with Gasteiger partial charge in [0.25, 0.3) is 0 Å². The van der Waals surface area contributed by atoms with Gasteiger partial charge in [-0.25, -0.2) is 4.98 Å². The summed E-state index contributed by atoms with van der Waals surface area (Å²) in [6.07, 6.45) is 2.52. The van der Waals surface area contributed by atoms with E-state index in [-0.39, 0.29) is 11.6 Å². The Kier molecular flexibility index (Phi) is 4.81. The first kappa shape index (κ1) is 17.5. The predicted molar refractivity (Wildman–Crippen MR) is 103 cm³/mol. The molecule has 0 unspecified atom stereocenters. The second-order valence-electron chi connectivity index (χ2n) is 6.85. The summed E-state index contributed by atoms with van der Waals surface area (Å²) in [7, 11) is 1.59. The van der Waals surface area contributed by atoms with Crippen LogP contribution < -0.4 is 20.1 Å². The quantitative estimate of drug-likeness (QED) is 0.810. The molecule has 2 heterocycles. The molecule has 1 aromatic heterocycles. The molecule has 6 heteroatoms. The topological polar surface area (TPSA) is 55.4 Å². The largest absolute Gasteiger partial charge is 0.487 e. The fraction of sp³-hybridized carbons (Fsp3) is 0.368. The van der Waals surface area contributed by atoms with E-state index in [1.54, 1.807) is 19.4 Å². The zero-order valence-corrected chi connectivity index (χ0v) is 15.7. The van der Waals surface area contributed by atoms with Crippen molar-refractivity contribution < 1.29 is 9.47 Å². The average Bonchev–Trinajstić information content (AvgIpc) is 2.54. The molecule has 132 valence electrons. The van der Waals surface area contributed by atoms with Crippen molar-refractivity contribution in [1.29, 1.82) is 0 Å². The van der Waals surface area contributed by atoms with Crippen LogP contribution in [0.25, 0.3) is 0 Å². The number of fused-ring (bicyclic) bond motifs is 1. The standard InChI is InChI=1S/C19H23N3O2S/c1-12-5-7-14-15(10-19(2,3)24-16(14)9-12)22-18(25)21-13-6-8-17(23-4)20-11-13/h5-9,11,15H,10H2,1-4H3,(H2,21,22,25)/t15-/m1/s1. The number of benzene rings is 1. The maximum Gasteiger partial charge on any atom is 0.213 e. The Morgan fingerprint density at radius 3 is 2.80 bits per heavy atom. The lowest BCUT2D eigenvalue weighted by Crippen LogP contribution is -2.42. The molecule has 5 nitrogen and oxygen atoms in total. The van der Waals surface area contributed by atoms with Crippen molar-refractivity contribution in [3.05, 3.63) is 47.7 Å². The Morgan fingerprint density at radius 1 is 1.32 bits per heavy atom. The van der Waals surface area contributed by atoms with Crippen molar-refractivity contribution >= 4 is 23.0 Å². The fourth-order valence-electron chi connectivity index (χ4n) is 2.99. The van der Waals surface area contributed by atoms with Gasteiger partial charge in [0.05, 0.1) is 25.0 Å². The summed E-state index contributed by atoms with van der Waals surface area (Å²) in [5.74, 6) is 1.49. The normalized spacial score (nSPS) is 17.8. The van der Waals surface area contributed by atoms with Gasteiger partial charge in [0.1, 0.15) is 11.4 Å². The van der Waals surface area contributed by atoms with Crippen LogP contribution in [0.4, 0.5) is 5.69 Å². The SMILES string of the molecule is COc1ccc(NC(=S)N[C@@H]2CC(C)(C)Oc3cc(C)ccc32)cn1. The number of nitrogens with one attached hydrogen (secondary N) is 2. The number of hydrogen-bond donors (Lipinski definition) is 2. The molecule has 1 aliphatic heterocycles. The Hall–Kier alpha value is -2.34. The molecule has 25 heavy (non-hydrogen) atoms. The van der Waals surface area contributed by atoms with Crippen molar-refractivity contribution in [1.82, 2.24) is 10.3 Å². The number of methoxy groups -OCH3 is 1. The Morgan fingerprint density at radius 2 is 2.12 bits per heavy atom. The second kappa shape index (κ2) is 6.88. The molecule has 2 aromatic rings. The zero-order chi connectivity index (χ0) is 18.0. The lowest BCUT2D eigenvalue weighted by atomic mass is 9.89. The molecule has 3 rings (SSSR count). The number of ether oxygens (including phenoxy) is 2. The van der Waals surface area contributed by atoms with Crippen molar-refractivity contribution in [3.63, 3.8) is 0 Å². The van der Waals surface area contributed by atoms with Gasteiger partial charge in [0.2, 0.25) is 5.88 Å². The summed E-state index contributed by atoms with van der Waals surface area (Å²) in [5.41, 5.74) is 2.87. The van der Waals surface area contributed by atoms with Crippen LogP contribution in [0.5, 0.6) is 11.6 Å². The molecule has 0 aliphatic carbocycles. The van der Waals surface area contributed by atoms with Gasteiger partial charge in [-0.05, 0) is 50.7 Å². The fourth-order valence-corrected chi connectivity index (χ4v) is 3.25. The van der Waals surface area contributed by atoms with Gasteiger partial charge < -0.3 is 20.1 Å². The number of pyridine rings is 1. The Labute approximate surface area is 153 Å². The highest BCUT2D eigenvalue weighted by molar-refractivity contribution is 7.80. The molecule has 1 aliphatic rings. The summed E-state index contributed by atoms with van der Waals surface area (Å²) in [4.78, 5) is 4.17. The van der Waals surface area contributed by atoms with Gasteiger partial charge in [0.15, 0.2) is 5.11 Å². The van der Waals surface area contributed by atoms with Crippen LogP contribution in [-0.4, -0.2) is 22.8 Å². The van der Waals surface area contributed by atoms with Crippen molar-refractivity contribution in [2.45, 2.75) is 38.8 Å². The van der Waals surface area contributed by atoms with E-state index >= 15 is 0 Å². The van der Waals surface area contributed by atoms with Crippen LogP contribution in [-0.2, 0) is 0 Å². The number of nitrogens with zero attached hydrogens (tertiary/aromatic N) is 1. The molecular formula is C19H23N3O2S. The molecule has 0 saturated heterocycles. The van der Waals surface area contributed by atoms with E-state index in [0.29, 0.717) is 11.0 Å². The van der Waals surface area contributed by atoms with Gasteiger partial charge in [-0.2, -0.15) is 0 Å². The number of aromatic nitrogens is 1. The van der Waals surface area contributed by atoms with E-state index in [2.05, 4.69) is 54.6 Å². The molecule has 0 fully saturated rings. The first-order valence-electron chi connectivity index (χ1n) is 8.23. The second-order valence-corrected chi connectivity index (χ2v) is 7.26. The van der Waals surface area contributed by atoms with E-state index < -0.39 is 0 Å². The number of rotatable bonds is 3. The first-order chi connectivity index (χ1) is 11.9. The predicted octanol–water partition coefficient (Wildman–Crippen LogP) is 3.99. The Bertz CT molecular complexity index is 775. The molecule has 0 bridgehead atoms. The van der Waals surface area contributed by atoms with Crippen LogP contribution in [0.3, 0.4) is 0 Å². The molecule has 0 spiro atoms.